The Morgan fingerprint density at radius 3 is 2.76 bits per heavy atom. The van der Waals surface area contributed by atoms with Crippen molar-refractivity contribution in [2.45, 2.75) is 0 Å². The van der Waals surface area contributed by atoms with Crippen molar-refractivity contribution in [3.63, 3.8) is 0 Å². The molecular formula is C18H15ClN4O2. The smallest absolute Gasteiger partial charge is 0.274 e. The summed E-state index contributed by atoms with van der Waals surface area (Å²) in [4.78, 5) is 20.7. The van der Waals surface area contributed by atoms with Gasteiger partial charge in [0, 0.05) is 16.9 Å². The Bertz CT molecular complexity index is 902. The number of rotatable bonds is 5. The predicted octanol–water partition coefficient (Wildman–Crippen LogP) is 4.13. The van der Waals surface area contributed by atoms with E-state index in [0.717, 1.165) is 0 Å². The summed E-state index contributed by atoms with van der Waals surface area (Å²) in [6.07, 6.45) is 1.51. The molecule has 3 aromatic rings. The summed E-state index contributed by atoms with van der Waals surface area (Å²) >= 11 is 5.92. The number of methoxy groups -OCH3 is 1. The molecule has 6 nitrogen and oxygen atoms in total. The van der Waals surface area contributed by atoms with Crippen LogP contribution in [0.25, 0.3) is 0 Å². The molecule has 0 spiro atoms. The Kier molecular flexibility index (Phi) is 5.11. The number of halogens is 1. The first-order valence-corrected chi connectivity index (χ1v) is 7.83. The van der Waals surface area contributed by atoms with Gasteiger partial charge in [0.05, 0.1) is 12.8 Å². The van der Waals surface area contributed by atoms with Gasteiger partial charge in [0.25, 0.3) is 5.91 Å². The number of amides is 1. The summed E-state index contributed by atoms with van der Waals surface area (Å²) in [7, 11) is 1.58. The Hall–Kier alpha value is -3.12. The Morgan fingerprint density at radius 2 is 1.96 bits per heavy atom. The number of benzene rings is 2. The molecule has 1 heterocycles. The number of carbonyl (C=O) groups is 1. The summed E-state index contributed by atoms with van der Waals surface area (Å²) in [5.41, 5.74) is 1.53. The van der Waals surface area contributed by atoms with Gasteiger partial charge in [-0.05, 0) is 36.4 Å². The molecule has 0 bridgehead atoms. The molecule has 0 fully saturated rings. The van der Waals surface area contributed by atoms with Crippen molar-refractivity contribution in [1.29, 1.82) is 0 Å². The molecule has 0 radical (unpaired) electrons. The van der Waals surface area contributed by atoms with Crippen LogP contribution in [-0.4, -0.2) is 23.0 Å². The molecule has 2 N–H and O–H groups in total. The van der Waals surface area contributed by atoms with E-state index in [4.69, 9.17) is 16.3 Å². The second-order valence-corrected chi connectivity index (χ2v) is 5.49. The number of hydrogen-bond acceptors (Lipinski definition) is 5. The highest BCUT2D eigenvalue weighted by Gasteiger charge is 2.11. The highest BCUT2D eigenvalue weighted by atomic mass is 35.5. The van der Waals surface area contributed by atoms with Crippen molar-refractivity contribution in [2.24, 2.45) is 0 Å². The molecule has 7 heteroatoms. The van der Waals surface area contributed by atoms with Crippen LogP contribution in [0.2, 0.25) is 5.02 Å². The topological polar surface area (TPSA) is 76.1 Å². The summed E-state index contributed by atoms with van der Waals surface area (Å²) in [6, 6.07) is 15.8. The summed E-state index contributed by atoms with van der Waals surface area (Å²) in [5, 5.41) is 6.33. The van der Waals surface area contributed by atoms with Crippen molar-refractivity contribution in [2.75, 3.05) is 17.7 Å². The average molecular weight is 355 g/mol. The van der Waals surface area contributed by atoms with Crippen LogP contribution in [0.15, 0.2) is 60.8 Å². The lowest BCUT2D eigenvalue weighted by atomic mass is 10.3. The third-order valence-electron chi connectivity index (χ3n) is 3.32. The van der Waals surface area contributed by atoms with E-state index in [1.54, 1.807) is 31.4 Å². The van der Waals surface area contributed by atoms with Crippen LogP contribution in [0, 0.1) is 0 Å². The number of para-hydroxylation sites is 2. The largest absolute Gasteiger partial charge is 0.495 e. The van der Waals surface area contributed by atoms with Crippen molar-refractivity contribution >= 4 is 34.8 Å². The molecule has 0 saturated carbocycles. The van der Waals surface area contributed by atoms with E-state index >= 15 is 0 Å². The maximum Gasteiger partial charge on any atom is 0.274 e. The van der Waals surface area contributed by atoms with Gasteiger partial charge in [-0.3, -0.25) is 4.79 Å². The van der Waals surface area contributed by atoms with Gasteiger partial charge in [-0.2, -0.15) is 0 Å². The minimum atomic E-state index is -0.354. The minimum Gasteiger partial charge on any atom is -0.495 e. The SMILES string of the molecule is COc1ccccc1Nc1nccc(C(=O)Nc2cccc(Cl)c2)n1. The van der Waals surface area contributed by atoms with Gasteiger partial charge in [-0.15, -0.1) is 0 Å². The van der Waals surface area contributed by atoms with Gasteiger partial charge in [-0.25, -0.2) is 9.97 Å². The lowest BCUT2D eigenvalue weighted by Crippen LogP contribution is -2.14. The molecule has 2 aromatic carbocycles. The second-order valence-electron chi connectivity index (χ2n) is 5.06. The first-order valence-electron chi connectivity index (χ1n) is 7.46. The molecule has 0 aliphatic rings. The maximum absolute atomic E-state index is 12.4. The molecule has 0 atom stereocenters. The molecule has 0 saturated heterocycles. The van der Waals surface area contributed by atoms with Crippen LogP contribution in [-0.2, 0) is 0 Å². The van der Waals surface area contributed by atoms with Crippen molar-refractivity contribution in [1.82, 2.24) is 9.97 Å². The Morgan fingerprint density at radius 1 is 1.12 bits per heavy atom. The number of carbonyl (C=O) groups excluding carboxylic acids is 1. The fourth-order valence-corrected chi connectivity index (χ4v) is 2.37. The monoisotopic (exact) mass is 354 g/mol. The fraction of sp³-hybridized carbons (Fsp3) is 0.0556. The van der Waals surface area contributed by atoms with Crippen LogP contribution in [0.4, 0.5) is 17.3 Å². The Labute approximate surface area is 149 Å². The highest BCUT2D eigenvalue weighted by Crippen LogP contribution is 2.25. The van der Waals surface area contributed by atoms with Gasteiger partial charge in [-0.1, -0.05) is 29.8 Å². The quantitative estimate of drug-likeness (QED) is 0.720. The molecule has 3 rings (SSSR count). The van der Waals surface area contributed by atoms with E-state index in [2.05, 4.69) is 20.6 Å². The molecule has 0 aliphatic carbocycles. The minimum absolute atomic E-state index is 0.229. The van der Waals surface area contributed by atoms with Crippen molar-refractivity contribution < 1.29 is 9.53 Å². The van der Waals surface area contributed by atoms with Crippen LogP contribution >= 0.6 is 11.6 Å². The molecule has 0 unspecified atom stereocenters. The lowest BCUT2D eigenvalue weighted by Gasteiger charge is -2.10. The number of hydrogen-bond donors (Lipinski definition) is 2. The number of ether oxygens (including phenoxy) is 1. The van der Waals surface area contributed by atoms with Crippen LogP contribution < -0.4 is 15.4 Å². The number of nitrogens with zero attached hydrogens (tertiary/aromatic N) is 2. The normalized spacial score (nSPS) is 10.2. The van der Waals surface area contributed by atoms with Crippen molar-refractivity contribution in [3.8, 4) is 5.75 Å². The van der Waals surface area contributed by atoms with Crippen molar-refractivity contribution in [3.05, 3.63) is 71.5 Å². The van der Waals surface area contributed by atoms with E-state index in [0.29, 0.717) is 28.1 Å². The maximum atomic E-state index is 12.4. The van der Waals surface area contributed by atoms with Crippen LogP contribution in [0.3, 0.4) is 0 Å². The first-order chi connectivity index (χ1) is 12.2. The van der Waals surface area contributed by atoms with E-state index in [9.17, 15) is 4.79 Å². The molecular weight excluding hydrogens is 340 g/mol. The number of anilines is 3. The molecule has 1 amide bonds. The lowest BCUT2D eigenvalue weighted by molar-refractivity contribution is 0.102. The molecule has 1 aromatic heterocycles. The van der Waals surface area contributed by atoms with Gasteiger partial charge in [0.1, 0.15) is 11.4 Å². The summed E-state index contributed by atoms with van der Waals surface area (Å²) in [6.45, 7) is 0. The zero-order valence-corrected chi connectivity index (χ0v) is 14.1. The zero-order valence-electron chi connectivity index (χ0n) is 13.4. The van der Waals surface area contributed by atoms with Crippen LogP contribution in [0.5, 0.6) is 5.75 Å². The zero-order chi connectivity index (χ0) is 17.6. The summed E-state index contributed by atoms with van der Waals surface area (Å²) in [5.74, 6) is 0.593. The third kappa shape index (κ3) is 4.24. The van der Waals surface area contributed by atoms with E-state index in [-0.39, 0.29) is 11.6 Å². The molecule has 126 valence electrons. The number of aromatic nitrogens is 2. The number of nitrogens with one attached hydrogen (secondary N) is 2. The Balaban J connectivity index is 1.78. The summed E-state index contributed by atoms with van der Waals surface area (Å²) < 4.78 is 5.28. The van der Waals surface area contributed by atoms with Gasteiger partial charge >= 0.3 is 0 Å². The molecule has 0 aliphatic heterocycles. The van der Waals surface area contributed by atoms with E-state index < -0.39 is 0 Å². The van der Waals surface area contributed by atoms with Gasteiger partial charge in [0.15, 0.2) is 0 Å². The molecule has 25 heavy (non-hydrogen) atoms. The second kappa shape index (κ2) is 7.63. The van der Waals surface area contributed by atoms with E-state index in [1.807, 2.05) is 24.3 Å². The highest BCUT2D eigenvalue weighted by molar-refractivity contribution is 6.30. The third-order valence-corrected chi connectivity index (χ3v) is 3.56. The average Bonchev–Trinajstić information content (AvgIpc) is 2.62. The van der Waals surface area contributed by atoms with Crippen LogP contribution in [0.1, 0.15) is 10.5 Å². The fourth-order valence-electron chi connectivity index (χ4n) is 2.18. The predicted molar refractivity (Wildman–Crippen MR) is 97.7 cm³/mol. The van der Waals surface area contributed by atoms with Gasteiger partial charge in [0.2, 0.25) is 5.95 Å². The standard InChI is InChI=1S/C18H15ClN4O2/c1-25-16-8-3-2-7-14(16)22-18-20-10-9-15(23-18)17(24)21-13-6-4-5-12(19)11-13/h2-11H,1H3,(H,21,24)(H,20,22,23). The van der Waals surface area contributed by atoms with Gasteiger partial charge < -0.3 is 15.4 Å². The first kappa shape index (κ1) is 16.7. The van der Waals surface area contributed by atoms with E-state index in [1.165, 1.54) is 12.3 Å².